The van der Waals surface area contributed by atoms with Gasteiger partial charge >= 0.3 is 6.18 Å². The molecule has 1 aliphatic rings. The van der Waals surface area contributed by atoms with Crippen molar-refractivity contribution in [2.24, 2.45) is 0 Å². The molecular weight excluding hydrogens is 451 g/mol. The van der Waals surface area contributed by atoms with Gasteiger partial charge in [-0.15, -0.1) is 0 Å². The second-order valence-corrected chi connectivity index (χ2v) is 7.90. The zero-order valence-corrected chi connectivity index (χ0v) is 18.2. The Bertz CT molecular complexity index is 1160. The molecule has 1 aliphatic heterocycles. The average Bonchev–Trinajstić information content (AvgIpc) is 3.43. The van der Waals surface area contributed by atoms with Crippen LogP contribution in [0.5, 0.6) is 0 Å². The molecule has 0 radical (unpaired) electrons. The van der Waals surface area contributed by atoms with Gasteiger partial charge in [0.1, 0.15) is 18.0 Å². The van der Waals surface area contributed by atoms with Crippen LogP contribution in [0.1, 0.15) is 29.6 Å². The molecule has 0 spiro atoms. The largest absolute Gasteiger partial charge is 0.405 e. The van der Waals surface area contributed by atoms with Gasteiger partial charge in [-0.3, -0.25) is 9.59 Å². The minimum absolute atomic E-state index is 0.0534. The molecule has 0 atom stereocenters. The van der Waals surface area contributed by atoms with Gasteiger partial charge in [-0.05, 0) is 43.2 Å². The van der Waals surface area contributed by atoms with Gasteiger partial charge < -0.3 is 25.8 Å². The number of aromatic amines is 1. The maximum atomic E-state index is 12.6. The van der Waals surface area contributed by atoms with E-state index in [-0.39, 0.29) is 23.6 Å². The number of likely N-dealkylation sites (tertiary alicyclic amines) is 1. The summed E-state index contributed by atoms with van der Waals surface area (Å²) < 4.78 is 37.9. The number of nitrogens with zero attached hydrogens (tertiary/aromatic N) is 3. The SMILES string of the molecule is O=C(NCCCN1CCCC1=O)c1ccc(Nc2nc(NCC(F)(F)F)c3cc[nH]c3n2)cc1. The van der Waals surface area contributed by atoms with Gasteiger partial charge in [0.05, 0.1) is 5.39 Å². The zero-order valence-electron chi connectivity index (χ0n) is 18.2. The topological polar surface area (TPSA) is 115 Å². The van der Waals surface area contributed by atoms with E-state index in [4.69, 9.17) is 0 Å². The van der Waals surface area contributed by atoms with Crippen LogP contribution in [0.15, 0.2) is 36.5 Å². The fraction of sp³-hybridized carbons (Fsp3) is 0.364. The normalized spacial score (nSPS) is 14.0. The first kappa shape index (κ1) is 23.3. The molecule has 1 aromatic carbocycles. The van der Waals surface area contributed by atoms with E-state index >= 15 is 0 Å². The molecule has 3 aromatic rings. The first-order chi connectivity index (χ1) is 16.3. The van der Waals surface area contributed by atoms with E-state index in [0.717, 1.165) is 13.0 Å². The van der Waals surface area contributed by atoms with Crippen LogP contribution < -0.4 is 16.0 Å². The minimum Gasteiger partial charge on any atom is -0.360 e. The van der Waals surface area contributed by atoms with Crippen LogP contribution in [0, 0.1) is 0 Å². The number of fused-ring (bicyclic) bond motifs is 1. The van der Waals surface area contributed by atoms with Crippen LogP contribution in [-0.2, 0) is 4.79 Å². The van der Waals surface area contributed by atoms with Crippen LogP contribution in [0.2, 0.25) is 0 Å². The predicted molar refractivity (Wildman–Crippen MR) is 121 cm³/mol. The van der Waals surface area contributed by atoms with Crippen molar-refractivity contribution < 1.29 is 22.8 Å². The number of hydrogen-bond acceptors (Lipinski definition) is 6. The molecule has 12 heteroatoms. The standard InChI is InChI=1S/C22H24F3N7O2/c23-22(24,25)13-28-19-16-8-10-26-18(16)30-21(31-19)29-15-6-4-14(5-7-15)20(34)27-9-2-12-32-11-1-3-17(32)33/h4-8,10H,1-3,9,11-13H2,(H,27,34)(H3,26,28,29,30,31). The lowest BCUT2D eigenvalue weighted by Gasteiger charge is -2.15. The summed E-state index contributed by atoms with van der Waals surface area (Å²) in [5, 5.41) is 8.51. The molecule has 0 aliphatic carbocycles. The van der Waals surface area contributed by atoms with Gasteiger partial charge in [0.2, 0.25) is 11.9 Å². The van der Waals surface area contributed by atoms with E-state index in [2.05, 4.69) is 30.9 Å². The van der Waals surface area contributed by atoms with Crippen LogP contribution in [0.4, 0.5) is 30.6 Å². The summed E-state index contributed by atoms with van der Waals surface area (Å²) in [6.45, 7) is 0.650. The van der Waals surface area contributed by atoms with E-state index in [1.54, 1.807) is 36.5 Å². The van der Waals surface area contributed by atoms with Gasteiger partial charge in [0.25, 0.3) is 5.91 Å². The Hall–Kier alpha value is -3.83. The van der Waals surface area contributed by atoms with Crippen molar-refractivity contribution in [2.45, 2.75) is 25.4 Å². The lowest BCUT2D eigenvalue weighted by Crippen LogP contribution is -2.30. The number of carbonyl (C=O) groups is 2. The van der Waals surface area contributed by atoms with Gasteiger partial charge in [0.15, 0.2) is 0 Å². The summed E-state index contributed by atoms with van der Waals surface area (Å²) in [6, 6.07) is 8.15. The average molecular weight is 475 g/mol. The Morgan fingerprint density at radius 1 is 1.15 bits per heavy atom. The van der Waals surface area contributed by atoms with Crippen molar-refractivity contribution in [3.63, 3.8) is 0 Å². The maximum absolute atomic E-state index is 12.6. The Morgan fingerprint density at radius 2 is 1.94 bits per heavy atom. The van der Waals surface area contributed by atoms with Gasteiger partial charge in [-0.1, -0.05) is 0 Å². The molecule has 3 heterocycles. The van der Waals surface area contributed by atoms with Crippen molar-refractivity contribution in [3.8, 4) is 0 Å². The Morgan fingerprint density at radius 3 is 2.65 bits per heavy atom. The lowest BCUT2D eigenvalue weighted by molar-refractivity contribution is -0.127. The molecule has 9 nitrogen and oxygen atoms in total. The third-order valence-corrected chi connectivity index (χ3v) is 5.34. The van der Waals surface area contributed by atoms with Crippen molar-refractivity contribution in [1.82, 2.24) is 25.2 Å². The molecule has 1 saturated heterocycles. The number of anilines is 3. The summed E-state index contributed by atoms with van der Waals surface area (Å²) in [4.78, 5) is 37.1. The summed E-state index contributed by atoms with van der Waals surface area (Å²) in [7, 11) is 0. The van der Waals surface area contributed by atoms with Crippen molar-refractivity contribution in [3.05, 3.63) is 42.1 Å². The highest BCUT2D eigenvalue weighted by molar-refractivity contribution is 5.94. The highest BCUT2D eigenvalue weighted by Crippen LogP contribution is 2.25. The molecule has 34 heavy (non-hydrogen) atoms. The van der Waals surface area contributed by atoms with E-state index in [1.807, 2.05) is 4.90 Å². The third kappa shape index (κ3) is 5.94. The van der Waals surface area contributed by atoms with Gasteiger partial charge in [-0.2, -0.15) is 23.1 Å². The minimum atomic E-state index is -4.39. The molecule has 0 bridgehead atoms. The molecule has 180 valence electrons. The molecule has 4 N–H and O–H groups in total. The van der Waals surface area contributed by atoms with Crippen LogP contribution in [0.3, 0.4) is 0 Å². The highest BCUT2D eigenvalue weighted by Gasteiger charge is 2.27. The first-order valence-electron chi connectivity index (χ1n) is 10.9. The summed E-state index contributed by atoms with van der Waals surface area (Å²) in [6.07, 6.45) is -0.648. The van der Waals surface area contributed by atoms with E-state index in [9.17, 15) is 22.8 Å². The number of H-pyrrole nitrogens is 1. The number of amides is 2. The van der Waals surface area contributed by atoms with Crippen molar-refractivity contribution in [1.29, 1.82) is 0 Å². The molecule has 4 rings (SSSR count). The van der Waals surface area contributed by atoms with Crippen molar-refractivity contribution in [2.75, 3.05) is 36.8 Å². The van der Waals surface area contributed by atoms with Crippen LogP contribution in [-0.4, -0.2) is 64.0 Å². The number of aromatic nitrogens is 3. The molecule has 0 unspecified atom stereocenters. The summed E-state index contributed by atoms with van der Waals surface area (Å²) in [5.41, 5.74) is 1.40. The second-order valence-electron chi connectivity index (χ2n) is 7.90. The number of benzene rings is 1. The molecular formula is C22H24F3N7O2. The van der Waals surface area contributed by atoms with E-state index in [0.29, 0.717) is 48.2 Å². The first-order valence-corrected chi connectivity index (χ1v) is 10.9. The molecule has 2 aromatic heterocycles. The smallest absolute Gasteiger partial charge is 0.360 e. The number of rotatable bonds is 9. The monoisotopic (exact) mass is 475 g/mol. The number of hydrogen-bond donors (Lipinski definition) is 4. The Kier molecular flexibility index (Phi) is 6.85. The fourth-order valence-electron chi connectivity index (χ4n) is 3.66. The highest BCUT2D eigenvalue weighted by atomic mass is 19.4. The second kappa shape index (κ2) is 9.98. The number of alkyl halides is 3. The van der Waals surface area contributed by atoms with Gasteiger partial charge in [0, 0.05) is 43.5 Å². The Labute approximate surface area is 193 Å². The van der Waals surface area contributed by atoms with Crippen LogP contribution in [0.25, 0.3) is 11.0 Å². The zero-order chi connectivity index (χ0) is 24.1. The number of carbonyl (C=O) groups excluding carboxylic acids is 2. The predicted octanol–water partition coefficient (Wildman–Crippen LogP) is 3.42. The Balaban J connectivity index is 1.34. The molecule has 2 amide bonds. The van der Waals surface area contributed by atoms with E-state index in [1.165, 1.54) is 0 Å². The molecule has 1 fully saturated rings. The number of nitrogens with one attached hydrogen (secondary N) is 4. The fourth-order valence-corrected chi connectivity index (χ4v) is 3.66. The third-order valence-electron chi connectivity index (χ3n) is 5.34. The van der Waals surface area contributed by atoms with E-state index < -0.39 is 12.7 Å². The van der Waals surface area contributed by atoms with Crippen LogP contribution >= 0.6 is 0 Å². The summed E-state index contributed by atoms with van der Waals surface area (Å²) >= 11 is 0. The molecule has 0 saturated carbocycles. The summed E-state index contributed by atoms with van der Waals surface area (Å²) in [5.74, 6) is 0.0880. The quantitative estimate of drug-likeness (QED) is 0.353. The number of halogens is 3. The van der Waals surface area contributed by atoms with Crippen molar-refractivity contribution >= 4 is 40.3 Å². The van der Waals surface area contributed by atoms with Gasteiger partial charge in [-0.25, -0.2) is 0 Å². The maximum Gasteiger partial charge on any atom is 0.405 e. The lowest BCUT2D eigenvalue weighted by atomic mass is 10.2.